The molecule has 18 heavy (non-hydrogen) atoms. The van der Waals surface area contributed by atoms with Gasteiger partial charge < -0.3 is 4.79 Å². The number of rotatable bonds is 2. The van der Waals surface area contributed by atoms with E-state index in [0.29, 0.717) is 11.7 Å². The smallest absolute Gasteiger partial charge is 0.116 e. The van der Waals surface area contributed by atoms with Crippen LogP contribution < -0.4 is 5.09 Å². The molecule has 1 aromatic rings. The molecule has 100 valence electrons. The Morgan fingerprint density at radius 1 is 1.50 bits per heavy atom. The van der Waals surface area contributed by atoms with Gasteiger partial charge in [0.2, 0.25) is 0 Å². The van der Waals surface area contributed by atoms with Crippen LogP contribution in [0.4, 0.5) is 0 Å². The molecule has 1 saturated heterocycles. The third-order valence-corrected chi connectivity index (χ3v) is 4.45. The molecule has 2 rings (SSSR count). The summed E-state index contributed by atoms with van der Waals surface area (Å²) in [4.78, 5) is 13.3. The van der Waals surface area contributed by atoms with Gasteiger partial charge in [-0.05, 0) is 46.5 Å². The normalized spacial score (nSPS) is 23.8. The molecule has 0 amide bonds. The predicted octanol–water partition coefficient (Wildman–Crippen LogP) is 3.25. The highest BCUT2D eigenvalue weighted by atomic mass is 31.1. The number of nitrogens with one attached hydrogen (secondary N) is 1. The van der Waals surface area contributed by atoms with Gasteiger partial charge in [-0.2, -0.15) is 0 Å². The van der Waals surface area contributed by atoms with Crippen LogP contribution in [0.3, 0.4) is 0 Å². The number of aromatic nitrogens is 1. The maximum Gasteiger partial charge on any atom is 0.116 e. The van der Waals surface area contributed by atoms with E-state index < -0.39 is 0 Å². The van der Waals surface area contributed by atoms with Crippen molar-refractivity contribution in [3.05, 3.63) is 29.6 Å². The molecule has 1 fully saturated rings. The largest absolute Gasteiger partial charge is 0.304 e. The van der Waals surface area contributed by atoms with E-state index in [9.17, 15) is 0 Å². The maximum absolute atomic E-state index is 8.81. The third kappa shape index (κ3) is 4.47. The Kier molecular flexibility index (Phi) is 6.45. The Morgan fingerprint density at radius 2 is 2.17 bits per heavy atom. The van der Waals surface area contributed by atoms with Crippen LogP contribution in [0.5, 0.6) is 0 Å². The van der Waals surface area contributed by atoms with Gasteiger partial charge in [0.1, 0.15) is 6.29 Å². The number of hydrogen-bond acceptors (Lipinski definition) is 3. The Labute approximate surface area is 112 Å². The average molecular weight is 266 g/mol. The molecule has 0 bridgehead atoms. The second-order valence-electron chi connectivity index (χ2n) is 4.92. The van der Waals surface area contributed by atoms with E-state index in [1.54, 1.807) is 0 Å². The topological polar surface area (TPSA) is 42.0 Å². The van der Waals surface area contributed by atoms with Crippen molar-refractivity contribution >= 4 is 15.0 Å². The van der Waals surface area contributed by atoms with Crippen LogP contribution in [0.2, 0.25) is 0 Å². The summed E-state index contributed by atoms with van der Waals surface area (Å²) in [6, 6.07) is 5.02. The SMILES string of the molecule is CC=O.Cc1ccc(C2CC(C(C)C)NP2)nc1. The summed E-state index contributed by atoms with van der Waals surface area (Å²) in [5.74, 6) is 0.730. The molecule has 0 radical (unpaired) electrons. The van der Waals surface area contributed by atoms with Gasteiger partial charge in [0.25, 0.3) is 0 Å². The average Bonchev–Trinajstić information content (AvgIpc) is 2.80. The molecule has 4 heteroatoms. The summed E-state index contributed by atoms with van der Waals surface area (Å²) >= 11 is 0. The zero-order chi connectivity index (χ0) is 13.5. The van der Waals surface area contributed by atoms with Gasteiger partial charge in [0, 0.05) is 23.6 Å². The summed E-state index contributed by atoms with van der Waals surface area (Å²) < 4.78 is 0. The quantitative estimate of drug-likeness (QED) is 0.660. The van der Waals surface area contributed by atoms with Crippen LogP contribution in [-0.4, -0.2) is 17.3 Å². The summed E-state index contributed by atoms with van der Waals surface area (Å²) in [5.41, 5.74) is 3.14. The van der Waals surface area contributed by atoms with E-state index in [-0.39, 0.29) is 0 Å². The Hall–Kier alpha value is -0.790. The minimum absolute atomic E-state index is 0.637. The van der Waals surface area contributed by atoms with Gasteiger partial charge in [-0.1, -0.05) is 19.9 Å². The molecule has 0 aliphatic carbocycles. The monoisotopic (exact) mass is 266 g/mol. The summed E-state index contributed by atoms with van der Waals surface area (Å²) in [5, 5.41) is 3.61. The fourth-order valence-corrected chi connectivity index (χ4v) is 3.46. The molecule has 3 atom stereocenters. The zero-order valence-corrected chi connectivity index (χ0v) is 12.6. The van der Waals surface area contributed by atoms with Crippen molar-refractivity contribution in [2.45, 2.75) is 45.8 Å². The van der Waals surface area contributed by atoms with Crippen LogP contribution >= 0.6 is 8.73 Å². The number of pyridine rings is 1. The van der Waals surface area contributed by atoms with Crippen molar-refractivity contribution in [1.82, 2.24) is 10.1 Å². The molecular weight excluding hydrogens is 243 g/mol. The van der Waals surface area contributed by atoms with Crippen molar-refractivity contribution in [3.8, 4) is 0 Å². The first-order chi connectivity index (χ1) is 8.58. The molecule has 2 heterocycles. The van der Waals surface area contributed by atoms with E-state index in [4.69, 9.17) is 4.79 Å². The first-order valence-electron chi connectivity index (χ1n) is 6.41. The molecule has 3 unspecified atom stereocenters. The van der Waals surface area contributed by atoms with Crippen LogP contribution in [0, 0.1) is 12.8 Å². The number of carbonyl (C=O) groups excluding carboxylic acids is 1. The van der Waals surface area contributed by atoms with Crippen molar-refractivity contribution in [1.29, 1.82) is 0 Å². The number of aldehydes is 1. The molecule has 0 aromatic carbocycles. The highest BCUT2D eigenvalue weighted by molar-refractivity contribution is 7.36. The lowest BCUT2D eigenvalue weighted by Gasteiger charge is -2.13. The first kappa shape index (κ1) is 15.3. The van der Waals surface area contributed by atoms with Gasteiger partial charge in [0.05, 0.1) is 0 Å². The van der Waals surface area contributed by atoms with E-state index >= 15 is 0 Å². The fourth-order valence-electron chi connectivity index (χ4n) is 1.90. The minimum atomic E-state index is 0.637. The molecular formula is C14H23N2OP. The summed E-state index contributed by atoms with van der Waals surface area (Å²) in [7, 11) is 0.835. The van der Waals surface area contributed by atoms with Crippen molar-refractivity contribution in [2.24, 2.45) is 5.92 Å². The molecule has 1 aliphatic rings. The molecule has 3 nitrogen and oxygen atoms in total. The van der Waals surface area contributed by atoms with Crippen molar-refractivity contribution in [2.75, 3.05) is 0 Å². The van der Waals surface area contributed by atoms with Crippen molar-refractivity contribution < 1.29 is 4.79 Å². The number of nitrogens with zero attached hydrogens (tertiary/aromatic N) is 1. The Balaban J connectivity index is 0.000000492. The van der Waals surface area contributed by atoms with Gasteiger partial charge in [-0.25, -0.2) is 0 Å². The van der Waals surface area contributed by atoms with Crippen LogP contribution in [0.15, 0.2) is 18.3 Å². The van der Waals surface area contributed by atoms with E-state index in [0.717, 1.165) is 20.9 Å². The lowest BCUT2D eigenvalue weighted by molar-refractivity contribution is -0.106. The highest BCUT2D eigenvalue weighted by Crippen LogP contribution is 2.42. The molecule has 1 aromatic heterocycles. The maximum atomic E-state index is 8.81. The molecule has 0 saturated carbocycles. The third-order valence-electron chi connectivity index (χ3n) is 3.03. The van der Waals surface area contributed by atoms with E-state index in [1.807, 2.05) is 6.20 Å². The second kappa shape index (κ2) is 7.60. The molecule has 1 aliphatic heterocycles. The zero-order valence-electron chi connectivity index (χ0n) is 11.6. The fraction of sp³-hybridized carbons (Fsp3) is 0.571. The lowest BCUT2D eigenvalue weighted by atomic mass is 9.99. The molecule has 1 N–H and O–H groups in total. The Morgan fingerprint density at radius 3 is 2.61 bits per heavy atom. The van der Waals surface area contributed by atoms with E-state index in [2.05, 4.69) is 43.0 Å². The van der Waals surface area contributed by atoms with Crippen LogP contribution in [0.25, 0.3) is 0 Å². The minimum Gasteiger partial charge on any atom is -0.304 e. The Bertz CT molecular complexity index is 365. The van der Waals surface area contributed by atoms with Gasteiger partial charge in [0.15, 0.2) is 0 Å². The summed E-state index contributed by atoms with van der Waals surface area (Å²) in [6.45, 7) is 8.10. The van der Waals surface area contributed by atoms with Gasteiger partial charge in [-0.15, -0.1) is 0 Å². The van der Waals surface area contributed by atoms with Gasteiger partial charge >= 0.3 is 0 Å². The van der Waals surface area contributed by atoms with Crippen LogP contribution in [-0.2, 0) is 4.79 Å². The lowest BCUT2D eigenvalue weighted by Crippen LogP contribution is -2.22. The predicted molar refractivity (Wildman–Crippen MR) is 78.1 cm³/mol. The second-order valence-corrected chi connectivity index (χ2v) is 6.20. The van der Waals surface area contributed by atoms with Crippen LogP contribution in [0.1, 0.15) is 44.1 Å². The number of aryl methyl sites for hydroxylation is 1. The van der Waals surface area contributed by atoms with Crippen molar-refractivity contribution in [3.63, 3.8) is 0 Å². The number of carbonyl (C=O) groups is 1. The highest BCUT2D eigenvalue weighted by Gasteiger charge is 2.27. The number of hydrogen-bond donors (Lipinski definition) is 1. The molecule has 0 spiro atoms. The van der Waals surface area contributed by atoms with Gasteiger partial charge in [-0.3, -0.25) is 10.1 Å². The standard InChI is InChI=1S/C12H19N2P.C2H4O/c1-8(2)11-6-12(15-14-11)10-5-4-9(3)7-13-10;1-2-3/h4-5,7-8,11-12,14-15H,6H2,1-3H3;2H,1H3. The first-order valence-corrected chi connectivity index (χ1v) is 7.49. The summed E-state index contributed by atoms with van der Waals surface area (Å²) in [6.07, 6.45) is 3.97. The van der Waals surface area contributed by atoms with E-state index in [1.165, 1.54) is 24.6 Å².